The molecule has 0 aliphatic heterocycles. The van der Waals surface area contributed by atoms with Crippen LogP contribution >= 0.6 is 11.6 Å². The van der Waals surface area contributed by atoms with Gasteiger partial charge in [-0.2, -0.15) is 0 Å². The fourth-order valence-corrected chi connectivity index (χ4v) is 2.13. The van der Waals surface area contributed by atoms with Crippen molar-refractivity contribution < 1.29 is 9.90 Å². The van der Waals surface area contributed by atoms with E-state index < -0.39 is 5.97 Å². The summed E-state index contributed by atoms with van der Waals surface area (Å²) in [5.41, 5.74) is 1.18. The molecule has 0 bridgehead atoms. The van der Waals surface area contributed by atoms with E-state index in [1.807, 2.05) is 25.3 Å². The second-order valence-electron chi connectivity index (χ2n) is 5.48. The van der Waals surface area contributed by atoms with Crippen molar-refractivity contribution in [3.05, 3.63) is 23.1 Å². The molecule has 6 heteroatoms. The maximum atomic E-state index is 10.8. The fraction of sp³-hybridized carbons (Fsp3) is 0.462. The quantitative estimate of drug-likeness (QED) is 0.939. The Morgan fingerprint density at radius 3 is 2.74 bits per heavy atom. The molecule has 102 valence electrons. The van der Waals surface area contributed by atoms with Crippen LogP contribution in [0.15, 0.2) is 12.3 Å². The zero-order chi connectivity index (χ0) is 14.2. The number of nitrogens with zero attached hydrogens (tertiary/aromatic N) is 3. The molecular formula is C13H16ClN3O2. The number of imidazole rings is 1. The summed E-state index contributed by atoms with van der Waals surface area (Å²) in [5.74, 6) is -0.0193. The van der Waals surface area contributed by atoms with Gasteiger partial charge in [0.05, 0.1) is 11.4 Å². The second kappa shape index (κ2) is 4.81. The molecule has 0 atom stereocenters. The standard InChI is InChI=1S/C13H16ClN3O2/c1-13(2,3)12-16-9-6-8(14)7-15-11(9)17(12)5-4-10(18)19/h6-7H,4-5H2,1-3H3,(H,18,19). The van der Waals surface area contributed by atoms with E-state index >= 15 is 0 Å². The van der Waals surface area contributed by atoms with Crippen molar-refractivity contribution in [2.75, 3.05) is 0 Å². The number of fused-ring (bicyclic) bond motifs is 1. The summed E-state index contributed by atoms with van der Waals surface area (Å²) in [6.07, 6.45) is 1.59. The van der Waals surface area contributed by atoms with Crippen LogP contribution in [-0.4, -0.2) is 25.6 Å². The number of aryl methyl sites for hydroxylation is 1. The molecule has 0 saturated heterocycles. The normalized spacial score (nSPS) is 12.0. The zero-order valence-electron chi connectivity index (χ0n) is 11.1. The fourth-order valence-electron chi connectivity index (χ4n) is 1.98. The monoisotopic (exact) mass is 281 g/mol. The Labute approximate surface area is 116 Å². The van der Waals surface area contributed by atoms with E-state index in [2.05, 4.69) is 9.97 Å². The SMILES string of the molecule is CC(C)(C)c1nc2cc(Cl)cnc2n1CCC(=O)O. The van der Waals surface area contributed by atoms with Crippen molar-refractivity contribution in [1.82, 2.24) is 14.5 Å². The van der Waals surface area contributed by atoms with Gasteiger partial charge in [0.25, 0.3) is 0 Å². The first-order valence-electron chi connectivity index (χ1n) is 6.03. The van der Waals surface area contributed by atoms with Crippen LogP contribution in [0.5, 0.6) is 0 Å². The molecule has 2 heterocycles. The van der Waals surface area contributed by atoms with E-state index in [-0.39, 0.29) is 11.8 Å². The third kappa shape index (κ3) is 2.87. The molecule has 0 unspecified atom stereocenters. The minimum absolute atomic E-state index is 0.0405. The van der Waals surface area contributed by atoms with Crippen LogP contribution < -0.4 is 0 Å². The second-order valence-corrected chi connectivity index (χ2v) is 5.91. The molecule has 0 saturated carbocycles. The van der Waals surface area contributed by atoms with Gasteiger partial charge in [-0.05, 0) is 6.07 Å². The molecular weight excluding hydrogens is 266 g/mol. The Kier molecular flexibility index (Phi) is 3.49. The number of carboxylic acids is 1. The molecule has 5 nitrogen and oxygen atoms in total. The molecule has 0 fully saturated rings. The minimum Gasteiger partial charge on any atom is -0.481 e. The third-order valence-electron chi connectivity index (χ3n) is 2.77. The summed E-state index contributed by atoms with van der Waals surface area (Å²) in [5, 5.41) is 9.37. The van der Waals surface area contributed by atoms with Crippen LogP contribution in [0.3, 0.4) is 0 Å². The van der Waals surface area contributed by atoms with Gasteiger partial charge in [-0.1, -0.05) is 32.4 Å². The predicted molar refractivity (Wildman–Crippen MR) is 73.5 cm³/mol. The van der Waals surface area contributed by atoms with Gasteiger partial charge in [0.2, 0.25) is 0 Å². The van der Waals surface area contributed by atoms with Gasteiger partial charge >= 0.3 is 5.97 Å². The molecule has 0 aromatic carbocycles. The van der Waals surface area contributed by atoms with Crippen LogP contribution in [0, 0.1) is 0 Å². The first-order chi connectivity index (χ1) is 8.79. The van der Waals surface area contributed by atoms with E-state index in [0.29, 0.717) is 22.7 Å². The van der Waals surface area contributed by atoms with Gasteiger partial charge in [0.15, 0.2) is 5.65 Å². The predicted octanol–water partition coefficient (Wildman–Crippen LogP) is 2.86. The van der Waals surface area contributed by atoms with Gasteiger partial charge in [-0.25, -0.2) is 9.97 Å². The van der Waals surface area contributed by atoms with E-state index in [1.54, 1.807) is 12.3 Å². The summed E-state index contributed by atoms with van der Waals surface area (Å²) < 4.78 is 1.86. The van der Waals surface area contributed by atoms with Crippen molar-refractivity contribution in [1.29, 1.82) is 0 Å². The third-order valence-corrected chi connectivity index (χ3v) is 2.98. The van der Waals surface area contributed by atoms with Crippen molar-refractivity contribution in [2.45, 2.75) is 39.2 Å². The van der Waals surface area contributed by atoms with Crippen LogP contribution in [0.1, 0.15) is 33.0 Å². The Bertz CT molecular complexity index is 629. The van der Waals surface area contributed by atoms with Crippen LogP contribution in [0.2, 0.25) is 5.02 Å². The van der Waals surface area contributed by atoms with Gasteiger partial charge in [0.1, 0.15) is 11.3 Å². The molecule has 0 amide bonds. The van der Waals surface area contributed by atoms with Gasteiger partial charge < -0.3 is 9.67 Å². The van der Waals surface area contributed by atoms with Gasteiger partial charge in [-0.3, -0.25) is 4.79 Å². The Morgan fingerprint density at radius 2 is 2.16 bits per heavy atom. The lowest BCUT2D eigenvalue weighted by Gasteiger charge is -2.19. The number of hydrogen-bond donors (Lipinski definition) is 1. The Balaban J connectivity index is 2.58. The summed E-state index contributed by atoms with van der Waals surface area (Å²) >= 11 is 5.92. The summed E-state index contributed by atoms with van der Waals surface area (Å²) in [6.45, 7) is 6.46. The highest BCUT2D eigenvalue weighted by molar-refractivity contribution is 6.31. The molecule has 19 heavy (non-hydrogen) atoms. The maximum Gasteiger partial charge on any atom is 0.305 e. The summed E-state index contributed by atoms with van der Waals surface area (Å²) in [4.78, 5) is 19.6. The van der Waals surface area contributed by atoms with E-state index in [1.165, 1.54) is 0 Å². The first kappa shape index (κ1) is 13.8. The van der Waals surface area contributed by atoms with Crippen LogP contribution in [0.25, 0.3) is 11.2 Å². The molecule has 2 rings (SSSR count). The lowest BCUT2D eigenvalue weighted by molar-refractivity contribution is -0.137. The maximum absolute atomic E-state index is 10.8. The number of rotatable bonds is 3. The molecule has 0 aliphatic rings. The van der Waals surface area contributed by atoms with Crippen molar-refractivity contribution in [3.8, 4) is 0 Å². The number of hydrogen-bond acceptors (Lipinski definition) is 3. The van der Waals surface area contributed by atoms with E-state index in [9.17, 15) is 4.79 Å². The minimum atomic E-state index is -0.837. The number of aliphatic carboxylic acids is 1. The molecule has 2 aromatic rings. The van der Waals surface area contributed by atoms with Crippen LogP contribution in [0.4, 0.5) is 0 Å². The lowest BCUT2D eigenvalue weighted by Crippen LogP contribution is -2.20. The van der Waals surface area contributed by atoms with Crippen molar-refractivity contribution in [3.63, 3.8) is 0 Å². The number of halogens is 1. The number of aromatic nitrogens is 3. The highest BCUT2D eigenvalue weighted by Gasteiger charge is 2.23. The molecule has 0 aliphatic carbocycles. The number of carbonyl (C=O) groups is 1. The van der Waals surface area contributed by atoms with Crippen molar-refractivity contribution >= 4 is 28.7 Å². The molecule has 0 radical (unpaired) electrons. The van der Waals surface area contributed by atoms with Crippen LogP contribution in [-0.2, 0) is 16.8 Å². The van der Waals surface area contributed by atoms with E-state index in [4.69, 9.17) is 16.7 Å². The first-order valence-corrected chi connectivity index (χ1v) is 6.41. The van der Waals surface area contributed by atoms with E-state index in [0.717, 1.165) is 5.82 Å². The highest BCUT2D eigenvalue weighted by atomic mass is 35.5. The average Bonchev–Trinajstić information content (AvgIpc) is 2.63. The number of carboxylic acid groups (broad SMARTS) is 1. The number of pyridine rings is 1. The lowest BCUT2D eigenvalue weighted by atomic mass is 9.95. The van der Waals surface area contributed by atoms with Gasteiger partial charge in [0, 0.05) is 18.2 Å². The summed E-state index contributed by atoms with van der Waals surface area (Å²) in [6, 6.07) is 1.75. The smallest absolute Gasteiger partial charge is 0.305 e. The topological polar surface area (TPSA) is 68.0 Å². The molecule has 2 aromatic heterocycles. The Hall–Kier alpha value is -1.62. The largest absolute Gasteiger partial charge is 0.481 e. The zero-order valence-corrected chi connectivity index (χ0v) is 11.9. The molecule has 1 N–H and O–H groups in total. The van der Waals surface area contributed by atoms with Crippen molar-refractivity contribution in [2.24, 2.45) is 0 Å². The Morgan fingerprint density at radius 1 is 1.47 bits per heavy atom. The molecule has 0 spiro atoms. The summed E-state index contributed by atoms with van der Waals surface area (Å²) in [7, 11) is 0. The highest BCUT2D eigenvalue weighted by Crippen LogP contribution is 2.26. The van der Waals surface area contributed by atoms with Gasteiger partial charge in [-0.15, -0.1) is 0 Å². The average molecular weight is 282 g/mol.